The zero-order chi connectivity index (χ0) is 23.4. The Labute approximate surface area is 191 Å². The zero-order valence-corrected chi connectivity index (χ0v) is 18.5. The fourth-order valence-electron chi connectivity index (χ4n) is 4.01. The largest absolute Gasteiger partial charge is 0.493 e. The lowest BCUT2D eigenvalue weighted by atomic mass is 9.90. The Morgan fingerprint density at radius 3 is 2.70 bits per heavy atom. The van der Waals surface area contributed by atoms with Crippen molar-refractivity contribution in [3.05, 3.63) is 41.6 Å². The number of aliphatic carboxylic acids is 1. The van der Waals surface area contributed by atoms with E-state index in [1.807, 2.05) is 0 Å². The summed E-state index contributed by atoms with van der Waals surface area (Å²) in [6.07, 6.45) is 1.45. The Morgan fingerprint density at radius 2 is 2.06 bits per heavy atom. The number of pyridine rings is 1. The van der Waals surface area contributed by atoms with Gasteiger partial charge in [-0.3, -0.25) is 0 Å². The van der Waals surface area contributed by atoms with Crippen molar-refractivity contribution < 1.29 is 32.9 Å². The summed E-state index contributed by atoms with van der Waals surface area (Å²) >= 11 is 0. The van der Waals surface area contributed by atoms with Crippen LogP contribution in [0.25, 0.3) is 11.1 Å². The van der Waals surface area contributed by atoms with Crippen molar-refractivity contribution in [3.63, 3.8) is 0 Å². The van der Waals surface area contributed by atoms with Crippen molar-refractivity contribution in [2.45, 2.75) is 57.3 Å². The molecule has 2 aliphatic rings. The van der Waals surface area contributed by atoms with E-state index in [0.717, 1.165) is 12.8 Å². The molecular formula is C24H28F2N2O5. The molecule has 7 nitrogen and oxygen atoms in total. The number of nitrogens with one attached hydrogen (secondary N) is 1. The number of aromatic nitrogens is 1. The third kappa shape index (κ3) is 5.25. The Bertz CT molecular complexity index is 991. The van der Waals surface area contributed by atoms with Gasteiger partial charge in [-0.2, -0.15) is 0 Å². The number of carbonyl (C=O) groups is 1. The molecule has 2 N–H and O–H groups in total. The third-order valence-electron chi connectivity index (χ3n) is 5.99. The monoisotopic (exact) mass is 462 g/mol. The van der Waals surface area contributed by atoms with Crippen LogP contribution >= 0.6 is 0 Å². The smallest absolute Gasteiger partial charge is 0.329 e. The minimum Gasteiger partial charge on any atom is -0.493 e. The highest BCUT2D eigenvalue weighted by molar-refractivity contribution is 5.83. The van der Waals surface area contributed by atoms with Crippen molar-refractivity contribution >= 4 is 11.8 Å². The minimum absolute atomic E-state index is 0.133. The molecule has 1 aromatic heterocycles. The molecule has 1 saturated carbocycles. The molecule has 1 aliphatic carbocycles. The Morgan fingerprint density at radius 1 is 1.30 bits per heavy atom. The van der Waals surface area contributed by atoms with Gasteiger partial charge in [0.25, 0.3) is 6.43 Å². The number of hydrogen-bond donors (Lipinski definition) is 2. The van der Waals surface area contributed by atoms with Crippen LogP contribution in [-0.4, -0.2) is 47.5 Å². The van der Waals surface area contributed by atoms with Crippen molar-refractivity contribution in [1.82, 2.24) is 4.98 Å². The summed E-state index contributed by atoms with van der Waals surface area (Å²) in [4.78, 5) is 16.4. The maximum absolute atomic E-state index is 14.1. The molecule has 4 rings (SSSR count). The normalized spacial score (nSPS) is 17.7. The lowest BCUT2D eigenvalue weighted by molar-refractivity contribution is -0.145. The molecule has 9 heteroatoms. The predicted molar refractivity (Wildman–Crippen MR) is 118 cm³/mol. The first-order valence-electron chi connectivity index (χ1n) is 11.2. The first kappa shape index (κ1) is 23.4. The van der Waals surface area contributed by atoms with E-state index in [2.05, 4.69) is 10.3 Å². The van der Waals surface area contributed by atoms with Crippen molar-refractivity contribution in [1.29, 1.82) is 0 Å². The first-order valence-corrected chi connectivity index (χ1v) is 11.2. The van der Waals surface area contributed by atoms with Crippen LogP contribution in [0.2, 0.25) is 0 Å². The van der Waals surface area contributed by atoms with Gasteiger partial charge >= 0.3 is 5.97 Å². The number of ether oxygens (including phenoxy) is 3. The van der Waals surface area contributed by atoms with Crippen LogP contribution in [0, 0.1) is 0 Å². The second-order valence-electron chi connectivity index (χ2n) is 8.31. The van der Waals surface area contributed by atoms with E-state index >= 15 is 0 Å². The quantitative estimate of drug-likeness (QED) is 0.524. The van der Waals surface area contributed by atoms with Crippen LogP contribution in [-0.2, 0) is 20.9 Å². The van der Waals surface area contributed by atoms with Crippen LogP contribution in [0.3, 0.4) is 0 Å². The summed E-state index contributed by atoms with van der Waals surface area (Å²) in [6.45, 7) is 2.88. The minimum atomic E-state index is -2.74. The number of carboxylic acids is 1. The van der Waals surface area contributed by atoms with Crippen LogP contribution in [0.5, 0.6) is 5.75 Å². The number of benzene rings is 1. The fourth-order valence-corrected chi connectivity index (χ4v) is 4.01. The summed E-state index contributed by atoms with van der Waals surface area (Å²) < 4.78 is 44.8. The summed E-state index contributed by atoms with van der Waals surface area (Å²) in [5.74, 6) is -0.484. The molecular weight excluding hydrogens is 434 g/mol. The number of carboxylic acid groups (broad SMARTS) is 1. The highest BCUT2D eigenvalue weighted by Crippen LogP contribution is 2.40. The molecule has 1 aliphatic heterocycles. The standard InChI is InChI=1S/C24H28F2N2O5/c1-2-32-19-5-3-4-17(21(19)22(25)26)18-13-27-20(12-15(18)14-33-16-6-7-16)28-24(23(29)30)8-10-31-11-9-24/h3-5,12-13,16,22H,2,6-11,14H2,1H3,(H,27,28)(H,29,30). The SMILES string of the molecule is CCOc1cccc(-c2cnc(NC3(C(=O)O)CCOCC3)cc2COC2CC2)c1C(F)F. The molecule has 2 heterocycles. The number of rotatable bonds is 10. The molecule has 33 heavy (non-hydrogen) atoms. The Kier molecular flexibility index (Phi) is 7.09. The van der Waals surface area contributed by atoms with E-state index in [0.29, 0.717) is 48.6 Å². The van der Waals surface area contributed by atoms with Gasteiger partial charge in [-0.25, -0.2) is 18.6 Å². The van der Waals surface area contributed by atoms with Gasteiger partial charge < -0.3 is 24.6 Å². The lowest BCUT2D eigenvalue weighted by Crippen LogP contribution is -2.50. The molecule has 0 radical (unpaired) electrons. The van der Waals surface area contributed by atoms with Gasteiger partial charge in [-0.05, 0) is 43.0 Å². The molecule has 0 spiro atoms. The van der Waals surface area contributed by atoms with Crippen molar-refractivity contribution in [3.8, 4) is 16.9 Å². The topological polar surface area (TPSA) is 89.9 Å². The highest BCUT2D eigenvalue weighted by atomic mass is 19.3. The molecule has 2 fully saturated rings. The molecule has 1 saturated heterocycles. The van der Waals surface area contributed by atoms with Crippen LogP contribution in [0.4, 0.5) is 14.6 Å². The second kappa shape index (κ2) is 10.0. The fraction of sp³-hybridized carbons (Fsp3) is 0.500. The van der Waals surface area contributed by atoms with E-state index in [1.54, 1.807) is 25.1 Å². The Hall–Kier alpha value is -2.78. The zero-order valence-electron chi connectivity index (χ0n) is 18.5. The maximum atomic E-state index is 14.1. The lowest BCUT2D eigenvalue weighted by Gasteiger charge is -2.34. The van der Waals surface area contributed by atoms with E-state index in [1.165, 1.54) is 12.3 Å². The van der Waals surface area contributed by atoms with Gasteiger partial charge in [-0.1, -0.05) is 12.1 Å². The van der Waals surface area contributed by atoms with E-state index in [9.17, 15) is 18.7 Å². The molecule has 0 atom stereocenters. The average Bonchev–Trinajstić information content (AvgIpc) is 3.63. The van der Waals surface area contributed by atoms with Gasteiger partial charge in [0, 0.05) is 37.8 Å². The highest BCUT2D eigenvalue weighted by Gasteiger charge is 2.40. The van der Waals surface area contributed by atoms with Gasteiger partial charge in [0.1, 0.15) is 17.1 Å². The maximum Gasteiger partial charge on any atom is 0.329 e. The van der Waals surface area contributed by atoms with Crippen LogP contribution in [0.15, 0.2) is 30.5 Å². The Balaban J connectivity index is 1.73. The van der Waals surface area contributed by atoms with E-state index < -0.39 is 17.9 Å². The van der Waals surface area contributed by atoms with Gasteiger partial charge in [0.2, 0.25) is 0 Å². The number of nitrogens with zero attached hydrogens (tertiary/aromatic N) is 1. The molecule has 0 unspecified atom stereocenters. The molecule has 0 amide bonds. The summed E-state index contributed by atoms with van der Waals surface area (Å²) in [5, 5.41) is 12.9. The van der Waals surface area contributed by atoms with Gasteiger partial charge in [0.15, 0.2) is 0 Å². The number of halogens is 2. The van der Waals surface area contributed by atoms with Crippen molar-refractivity contribution in [2.75, 3.05) is 25.1 Å². The van der Waals surface area contributed by atoms with E-state index in [4.69, 9.17) is 14.2 Å². The van der Waals surface area contributed by atoms with Gasteiger partial charge in [-0.15, -0.1) is 0 Å². The predicted octanol–water partition coefficient (Wildman–Crippen LogP) is 4.81. The average molecular weight is 462 g/mol. The van der Waals surface area contributed by atoms with Crippen molar-refractivity contribution in [2.24, 2.45) is 0 Å². The number of alkyl halides is 2. The van der Waals surface area contributed by atoms with Crippen LogP contribution < -0.4 is 10.1 Å². The second-order valence-corrected chi connectivity index (χ2v) is 8.31. The third-order valence-corrected chi connectivity index (χ3v) is 5.99. The molecule has 178 valence electrons. The summed E-state index contributed by atoms with van der Waals surface area (Å²) in [7, 11) is 0. The number of anilines is 1. The van der Waals surface area contributed by atoms with Crippen LogP contribution in [0.1, 0.15) is 50.2 Å². The number of hydrogen-bond acceptors (Lipinski definition) is 6. The summed E-state index contributed by atoms with van der Waals surface area (Å²) in [5.41, 5.74) is 0.103. The molecule has 2 aromatic rings. The van der Waals surface area contributed by atoms with E-state index in [-0.39, 0.29) is 30.6 Å². The van der Waals surface area contributed by atoms with Gasteiger partial charge in [0.05, 0.1) is 24.9 Å². The molecule has 1 aromatic carbocycles. The first-order chi connectivity index (χ1) is 15.9. The summed E-state index contributed by atoms with van der Waals surface area (Å²) in [6, 6.07) is 6.51. The molecule has 0 bridgehead atoms.